The number of halogens is 1. The molecule has 0 spiro atoms. The lowest BCUT2D eigenvalue weighted by molar-refractivity contribution is -0.385. The lowest BCUT2D eigenvalue weighted by atomic mass is 9.96. The van der Waals surface area contributed by atoms with E-state index < -0.39 is 28.9 Å². The van der Waals surface area contributed by atoms with Gasteiger partial charge in [-0.15, -0.1) is 0 Å². The molecule has 0 bridgehead atoms. The monoisotopic (exact) mass is 578 g/mol. The molecule has 0 aromatic heterocycles. The number of nitro groups is 1. The summed E-state index contributed by atoms with van der Waals surface area (Å²) in [4.78, 5) is 49.7. The molecule has 4 rings (SSSR count). The second kappa shape index (κ2) is 11.4. The molecular formula is C28H23BrN2O7. The van der Waals surface area contributed by atoms with Gasteiger partial charge >= 0.3 is 11.9 Å². The Morgan fingerprint density at radius 3 is 2.61 bits per heavy atom. The van der Waals surface area contributed by atoms with E-state index in [0.717, 1.165) is 4.47 Å². The zero-order valence-electron chi connectivity index (χ0n) is 20.5. The number of aryl methyl sites for hydroxylation is 1. The molecule has 1 atom stereocenters. The topological polar surface area (TPSA) is 125 Å². The van der Waals surface area contributed by atoms with E-state index >= 15 is 0 Å². The van der Waals surface area contributed by atoms with Crippen molar-refractivity contribution in [3.05, 3.63) is 114 Å². The van der Waals surface area contributed by atoms with Crippen molar-refractivity contribution in [3.63, 3.8) is 0 Å². The second-order valence-electron chi connectivity index (χ2n) is 8.53. The van der Waals surface area contributed by atoms with Gasteiger partial charge in [0.25, 0.3) is 11.6 Å². The van der Waals surface area contributed by atoms with Crippen molar-refractivity contribution in [3.8, 4) is 0 Å². The number of rotatable bonds is 4. The number of ether oxygens (including phenoxy) is 2. The van der Waals surface area contributed by atoms with Crippen LogP contribution in [0.1, 0.15) is 28.4 Å². The van der Waals surface area contributed by atoms with E-state index in [2.05, 4.69) is 21.2 Å². The summed E-state index contributed by atoms with van der Waals surface area (Å²) in [6.45, 7) is 3.33. The van der Waals surface area contributed by atoms with Crippen molar-refractivity contribution < 1.29 is 28.8 Å². The Bertz CT molecular complexity index is 1450. The standard InChI is InChI=1S/C28H23BrN2O7/c1-3-17-9-12-21-23(15-37-28(34)25(21)38-27(33)18-7-10-20(29)11-8-18)26(32)30-14-19(17)13-22-16(2)5-4-6-24(22)31(35)36/h3-13,25H,14-15H2,1-2H3,(H,30,32)/b12-9+,17-3+,19-13-. The molecule has 9 nitrogen and oxygen atoms in total. The van der Waals surface area contributed by atoms with Gasteiger partial charge < -0.3 is 14.8 Å². The molecule has 2 heterocycles. The van der Waals surface area contributed by atoms with Crippen molar-refractivity contribution in [1.82, 2.24) is 5.32 Å². The Balaban J connectivity index is 1.72. The van der Waals surface area contributed by atoms with Crippen LogP contribution in [0, 0.1) is 17.0 Å². The predicted molar refractivity (Wildman–Crippen MR) is 143 cm³/mol. The van der Waals surface area contributed by atoms with E-state index in [4.69, 9.17) is 9.47 Å². The molecule has 10 heteroatoms. The number of carbonyl (C=O) groups excluding carboxylic acids is 3. The lowest BCUT2D eigenvalue weighted by Crippen LogP contribution is -2.40. The lowest BCUT2D eigenvalue weighted by Gasteiger charge is -2.25. The summed E-state index contributed by atoms with van der Waals surface area (Å²) in [5.74, 6) is -2.05. The number of amides is 1. The zero-order chi connectivity index (χ0) is 27.4. The molecule has 2 aromatic carbocycles. The van der Waals surface area contributed by atoms with E-state index in [9.17, 15) is 24.5 Å². The minimum absolute atomic E-state index is 0.0561. The largest absolute Gasteiger partial charge is 0.458 e. The van der Waals surface area contributed by atoms with Crippen molar-refractivity contribution in [2.45, 2.75) is 20.0 Å². The number of nitro benzene ring substituents is 1. The Morgan fingerprint density at radius 2 is 1.92 bits per heavy atom. The van der Waals surface area contributed by atoms with Crippen LogP contribution in [0.25, 0.3) is 6.08 Å². The first-order chi connectivity index (χ1) is 18.2. The maximum Gasteiger partial charge on any atom is 0.352 e. The van der Waals surface area contributed by atoms with E-state index in [-0.39, 0.29) is 35.5 Å². The maximum absolute atomic E-state index is 13.1. The molecule has 0 fully saturated rings. The molecule has 194 valence electrons. The van der Waals surface area contributed by atoms with Gasteiger partial charge in [0.1, 0.15) is 6.61 Å². The fourth-order valence-electron chi connectivity index (χ4n) is 4.12. The van der Waals surface area contributed by atoms with Crippen molar-refractivity contribution in [2.24, 2.45) is 0 Å². The Kier molecular flexibility index (Phi) is 8.02. The molecule has 0 saturated carbocycles. The van der Waals surface area contributed by atoms with Gasteiger partial charge in [0.05, 0.1) is 21.6 Å². The molecule has 1 unspecified atom stereocenters. The summed E-state index contributed by atoms with van der Waals surface area (Å²) in [6.07, 6.45) is 5.25. The molecule has 0 radical (unpaired) electrons. The van der Waals surface area contributed by atoms with Gasteiger partial charge in [0.2, 0.25) is 6.10 Å². The molecule has 1 N–H and O–H groups in total. The fraction of sp³-hybridized carbons (Fsp3) is 0.179. The maximum atomic E-state index is 13.1. The van der Waals surface area contributed by atoms with Crippen LogP contribution in [0.2, 0.25) is 0 Å². The molecule has 1 amide bonds. The molecule has 2 aromatic rings. The van der Waals surface area contributed by atoms with Crippen molar-refractivity contribution >= 4 is 45.5 Å². The molecule has 38 heavy (non-hydrogen) atoms. The summed E-state index contributed by atoms with van der Waals surface area (Å²) in [6, 6.07) is 11.2. The van der Waals surface area contributed by atoms with E-state index in [1.54, 1.807) is 74.5 Å². The summed E-state index contributed by atoms with van der Waals surface area (Å²) >= 11 is 3.30. The Labute approximate surface area is 226 Å². The number of nitrogens with zero attached hydrogens (tertiary/aromatic N) is 1. The highest BCUT2D eigenvalue weighted by Gasteiger charge is 2.37. The third kappa shape index (κ3) is 5.65. The van der Waals surface area contributed by atoms with E-state index in [0.29, 0.717) is 22.3 Å². The molecular weight excluding hydrogens is 556 g/mol. The Hall–Kier alpha value is -4.31. The quantitative estimate of drug-likeness (QED) is 0.315. The first kappa shape index (κ1) is 26.7. The first-order valence-electron chi connectivity index (χ1n) is 11.6. The number of hydrogen-bond acceptors (Lipinski definition) is 7. The van der Waals surface area contributed by atoms with Crippen molar-refractivity contribution in [2.75, 3.05) is 13.2 Å². The molecule has 2 aliphatic rings. The van der Waals surface area contributed by atoms with Crippen molar-refractivity contribution in [1.29, 1.82) is 0 Å². The van der Waals surface area contributed by atoms with Crippen LogP contribution in [-0.2, 0) is 19.1 Å². The number of cyclic esters (lactones) is 1. The zero-order valence-corrected chi connectivity index (χ0v) is 22.1. The summed E-state index contributed by atoms with van der Waals surface area (Å²) < 4.78 is 11.5. The third-order valence-corrected chi connectivity index (χ3v) is 6.69. The normalized spacial score (nSPS) is 20.6. The van der Waals surface area contributed by atoms with Gasteiger partial charge in [-0.3, -0.25) is 14.9 Å². The number of allylic oxidation sites excluding steroid dienone is 2. The van der Waals surface area contributed by atoms with Gasteiger partial charge in [0, 0.05) is 22.7 Å². The predicted octanol–water partition coefficient (Wildman–Crippen LogP) is 4.76. The first-order valence-corrected chi connectivity index (χ1v) is 12.4. The molecule has 2 aliphatic heterocycles. The number of hydrogen-bond donors (Lipinski definition) is 1. The summed E-state index contributed by atoms with van der Waals surface area (Å²) in [7, 11) is 0. The SMILES string of the molecule is C/C=C1\C=C\C2=C(COC(=O)C2OC(=O)c2ccc(Br)cc2)C(=O)NC\C1=C\c1c(C)cccc1[N+](=O)[O-]. The fourth-order valence-corrected chi connectivity index (χ4v) is 4.38. The van der Waals surface area contributed by atoms with E-state index in [1.165, 1.54) is 6.07 Å². The van der Waals surface area contributed by atoms with Crippen LogP contribution >= 0.6 is 15.9 Å². The second-order valence-corrected chi connectivity index (χ2v) is 9.44. The Morgan fingerprint density at radius 1 is 1.18 bits per heavy atom. The number of nitrogens with one attached hydrogen (secondary N) is 1. The summed E-state index contributed by atoms with van der Waals surface area (Å²) in [5, 5.41) is 14.4. The average molecular weight is 579 g/mol. The van der Waals surface area contributed by atoms with E-state index in [1.807, 2.05) is 0 Å². The highest BCUT2D eigenvalue weighted by Crippen LogP contribution is 2.29. The number of esters is 2. The van der Waals surface area contributed by atoms with Crippen LogP contribution in [0.3, 0.4) is 0 Å². The van der Waals surface area contributed by atoms with Crippen LogP contribution in [0.4, 0.5) is 5.69 Å². The highest BCUT2D eigenvalue weighted by atomic mass is 79.9. The average Bonchev–Trinajstić information content (AvgIpc) is 2.95. The van der Waals surface area contributed by atoms with Crippen LogP contribution < -0.4 is 5.32 Å². The van der Waals surface area contributed by atoms with Crippen LogP contribution in [0.5, 0.6) is 0 Å². The summed E-state index contributed by atoms with van der Waals surface area (Å²) in [5.41, 5.74) is 2.92. The highest BCUT2D eigenvalue weighted by molar-refractivity contribution is 9.10. The number of carbonyl (C=O) groups is 3. The minimum atomic E-state index is -1.45. The van der Waals surface area contributed by atoms with Crippen LogP contribution in [-0.4, -0.2) is 42.0 Å². The third-order valence-electron chi connectivity index (χ3n) is 6.16. The smallest absolute Gasteiger partial charge is 0.352 e. The molecule has 0 saturated heterocycles. The van der Waals surface area contributed by atoms with Gasteiger partial charge in [0.15, 0.2) is 0 Å². The van der Waals surface area contributed by atoms with Gasteiger partial charge in [-0.25, -0.2) is 9.59 Å². The molecule has 0 aliphatic carbocycles. The minimum Gasteiger partial charge on any atom is -0.458 e. The van der Waals surface area contributed by atoms with Gasteiger partial charge in [-0.05, 0) is 60.9 Å². The number of benzene rings is 2. The van der Waals surface area contributed by atoms with Crippen LogP contribution in [0.15, 0.2) is 87.5 Å². The van der Waals surface area contributed by atoms with Gasteiger partial charge in [-0.2, -0.15) is 0 Å². The van der Waals surface area contributed by atoms with Gasteiger partial charge in [-0.1, -0.05) is 46.3 Å².